The third kappa shape index (κ3) is 3.63. The first-order chi connectivity index (χ1) is 13.2. The van der Waals surface area contributed by atoms with Crippen molar-refractivity contribution in [1.29, 1.82) is 0 Å². The van der Waals surface area contributed by atoms with Crippen molar-refractivity contribution in [2.24, 2.45) is 5.92 Å². The van der Waals surface area contributed by atoms with Crippen molar-refractivity contribution in [2.75, 3.05) is 18.0 Å². The number of aryl methyl sites for hydroxylation is 1. The zero-order valence-electron chi connectivity index (χ0n) is 15.0. The van der Waals surface area contributed by atoms with Crippen molar-refractivity contribution in [2.45, 2.75) is 32.6 Å². The molecule has 4 heterocycles. The molecule has 0 saturated carbocycles. The summed E-state index contributed by atoms with van der Waals surface area (Å²) in [5, 5.41) is 0.380. The molecule has 0 aromatic carbocycles. The van der Waals surface area contributed by atoms with Crippen LogP contribution in [0.25, 0.3) is 0 Å². The summed E-state index contributed by atoms with van der Waals surface area (Å²) in [4.78, 5) is 27.9. The lowest BCUT2D eigenvalue weighted by molar-refractivity contribution is -0.141. The molecule has 1 saturated heterocycles. The number of hydrogen-bond donors (Lipinski definition) is 0. The molecule has 1 amide bonds. The number of nitrogens with zero attached hydrogens (tertiary/aromatic N) is 5. The molecule has 28 heavy (non-hydrogen) atoms. The first-order valence-electron chi connectivity index (χ1n) is 8.78. The fourth-order valence-corrected chi connectivity index (χ4v) is 3.86. The van der Waals surface area contributed by atoms with E-state index in [1.54, 1.807) is 17.9 Å². The molecule has 0 radical (unpaired) electrons. The molecule has 2 aliphatic rings. The van der Waals surface area contributed by atoms with Crippen LogP contribution in [0, 0.1) is 12.8 Å². The fourth-order valence-electron chi connectivity index (χ4n) is 3.56. The standard InChI is InChI=1S/C18H17ClF3N5O/c1-10-24-14-9-27(8-13(14)17(19)25-10)16(28)4-11-6-26(7-11)12-2-3-23-15(5-12)18(20,21)22/h2-3,5,11H,4,6-9H2,1H3. The molecular formula is C18H17ClF3N5O. The van der Waals surface area contributed by atoms with E-state index in [1.807, 2.05) is 4.90 Å². The molecule has 2 aliphatic heterocycles. The zero-order valence-corrected chi connectivity index (χ0v) is 15.8. The van der Waals surface area contributed by atoms with E-state index in [0.717, 1.165) is 23.5 Å². The number of amides is 1. The van der Waals surface area contributed by atoms with E-state index in [9.17, 15) is 18.0 Å². The van der Waals surface area contributed by atoms with Crippen LogP contribution in [0.5, 0.6) is 0 Å². The highest BCUT2D eigenvalue weighted by molar-refractivity contribution is 6.30. The molecular weight excluding hydrogens is 395 g/mol. The summed E-state index contributed by atoms with van der Waals surface area (Å²) in [5.74, 6) is 0.660. The van der Waals surface area contributed by atoms with E-state index >= 15 is 0 Å². The maximum absolute atomic E-state index is 12.8. The molecule has 0 unspecified atom stereocenters. The van der Waals surface area contributed by atoms with Gasteiger partial charge in [0.1, 0.15) is 16.7 Å². The Bertz CT molecular complexity index is 930. The molecule has 0 spiro atoms. The third-order valence-electron chi connectivity index (χ3n) is 5.02. The number of fused-ring (bicyclic) bond motifs is 1. The predicted molar refractivity (Wildman–Crippen MR) is 95.6 cm³/mol. The molecule has 2 aromatic rings. The highest BCUT2D eigenvalue weighted by Gasteiger charge is 2.36. The van der Waals surface area contributed by atoms with Gasteiger partial charge in [-0.2, -0.15) is 13.2 Å². The normalized spacial score (nSPS) is 16.9. The average molecular weight is 412 g/mol. The van der Waals surface area contributed by atoms with Crippen molar-refractivity contribution >= 4 is 23.2 Å². The molecule has 0 atom stereocenters. The Morgan fingerprint density at radius 2 is 2.04 bits per heavy atom. The highest BCUT2D eigenvalue weighted by atomic mass is 35.5. The second kappa shape index (κ2) is 6.88. The Hall–Kier alpha value is -2.42. The second-order valence-electron chi connectivity index (χ2n) is 7.11. The largest absolute Gasteiger partial charge is 0.433 e. The number of anilines is 1. The monoisotopic (exact) mass is 411 g/mol. The number of hydrogen-bond acceptors (Lipinski definition) is 5. The van der Waals surface area contributed by atoms with Gasteiger partial charge in [-0.05, 0) is 19.1 Å². The molecule has 10 heteroatoms. The molecule has 148 valence electrons. The van der Waals surface area contributed by atoms with Crippen molar-refractivity contribution < 1.29 is 18.0 Å². The number of halogens is 4. The van der Waals surface area contributed by atoms with Crippen LogP contribution < -0.4 is 4.90 Å². The smallest absolute Gasteiger partial charge is 0.371 e. The van der Waals surface area contributed by atoms with Gasteiger partial charge in [0.15, 0.2) is 0 Å². The fraction of sp³-hybridized carbons (Fsp3) is 0.444. The minimum Gasteiger partial charge on any atom is -0.371 e. The summed E-state index contributed by atoms with van der Waals surface area (Å²) >= 11 is 6.14. The van der Waals surface area contributed by atoms with E-state index in [-0.39, 0.29) is 11.8 Å². The SMILES string of the molecule is Cc1nc(Cl)c2c(n1)CN(C(=O)CC1CN(c3ccnc(C(F)(F)F)c3)C1)C2. The van der Waals surface area contributed by atoms with Crippen molar-refractivity contribution in [3.8, 4) is 0 Å². The van der Waals surface area contributed by atoms with Crippen LogP contribution >= 0.6 is 11.6 Å². The van der Waals surface area contributed by atoms with E-state index < -0.39 is 11.9 Å². The summed E-state index contributed by atoms with van der Waals surface area (Å²) in [7, 11) is 0. The number of carbonyl (C=O) groups excluding carboxylic acids is 1. The number of pyridine rings is 1. The number of rotatable bonds is 3. The number of alkyl halides is 3. The highest BCUT2D eigenvalue weighted by Crippen LogP contribution is 2.33. The lowest BCUT2D eigenvalue weighted by Gasteiger charge is -2.41. The Labute approximate surface area is 164 Å². The van der Waals surface area contributed by atoms with Gasteiger partial charge in [-0.1, -0.05) is 11.6 Å². The molecule has 1 fully saturated rings. The molecule has 4 rings (SSSR count). The maximum atomic E-state index is 12.8. The molecule has 0 aliphatic carbocycles. The van der Waals surface area contributed by atoms with Gasteiger partial charge in [-0.15, -0.1) is 0 Å². The summed E-state index contributed by atoms with van der Waals surface area (Å²) in [6.07, 6.45) is -2.97. The van der Waals surface area contributed by atoms with E-state index in [2.05, 4.69) is 15.0 Å². The summed E-state index contributed by atoms with van der Waals surface area (Å²) < 4.78 is 38.4. The van der Waals surface area contributed by atoms with Gasteiger partial charge < -0.3 is 9.80 Å². The van der Waals surface area contributed by atoms with Gasteiger partial charge in [-0.3, -0.25) is 9.78 Å². The van der Waals surface area contributed by atoms with Crippen LogP contribution in [-0.4, -0.2) is 38.8 Å². The van der Waals surface area contributed by atoms with Crippen molar-refractivity contribution in [3.05, 3.63) is 46.3 Å². The van der Waals surface area contributed by atoms with Crippen molar-refractivity contribution in [1.82, 2.24) is 19.9 Å². The Kier molecular flexibility index (Phi) is 4.65. The second-order valence-corrected chi connectivity index (χ2v) is 7.47. The first-order valence-corrected chi connectivity index (χ1v) is 9.16. The molecule has 0 N–H and O–H groups in total. The average Bonchev–Trinajstić information content (AvgIpc) is 3.01. The van der Waals surface area contributed by atoms with Gasteiger partial charge in [0, 0.05) is 42.9 Å². The van der Waals surface area contributed by atoms with E-state index in [0.29, 0.717) is 49.3 Å². The summed E-state index contributed by atoms with van der Waals surface area (Å²) in [6, 6.07) is 2.59. The number of aromatic nitrogens is 3. The lowest BCUT2D eigenvalue weighted by atomic mass is 9.95. The minimum atomic E-state index is -4.47. The van der Waals surface area contributed by atoms with Crippen LogP contribution in [0.1, 0.15) is 29.2 Å². The topological polar surface area (TPSA) is 62.2 Å². The molecule has 0 bridgehead atoms. The number of carbonyl (C=O) groups is 1. The Morgan fingerprint density at radius 1 is 1.29 bits per heavy atom. The van der Waals surface area contributed by atoms with Crippen LogP contribution in [0.2, 0.25) is 5.15 Å². The van der Waals surface area contributed by atoms with E-state index in [1.165, 1.54) is 0 Å². The van der Waals surface area contributed by atoms with Gasteiger partial charge >= 0.3 is 6.18 Å². The van der Waals surface area contributed by atoms with Gasteiger partial charge in [0.25, 0.3) is 0 Å². The lowest BCUT2D eigenvalue weighted by Crippen LogP contribution is -2.48. The Morgan fingerprint density at radius 3 is 2.75 bits per heavy atom. The van der Waals surface area contributed by atoms with Gasteiger partial charge in [0.05, 0.1) is 18.8 Å². The Balaban J connectivity index is 1.33. The minimum absolute atomic E-state index is 0.0120. The van der Waals surface area contributed by atoms with Crippen LogP contribution in [0.15, 0.2) is 18.3 Å². The summed E-state index contributed by atoms with van der Waals surface area (Å²) in [6.45, 7) is 3.62. The quantitative estimate of drug-likeness (QED) is 0.726. The zero-order chi connectivity index (χ0) is 20.1. The molecule has 2 aromatic heterocycles. The van der Waals surface area contributed by atoms with Crippen LogP contribution in [0.4, 0.5) is 18.9 Å². The predicted octanol–water partition coefficient (Wildman–Crippen LogP) is 3.22. The van der Waals surface area contributed by atoms with Crippen LogP contribution in [0.3, 0.4) is 0 Å². The van der Waals surface area contributed by atoms with Gasteiger partial charge in [-0.25, -0.2) is 9.97 Å². The van der Waals surface area contributed by atoms with E-state index in [4.69, 9.17) is 11.6 Å². The van der Waals surface area contributed by atoms with Crippen molar-refractivity contribution in [3.63, 3.8) is 0 Å². The summed E-state index contributed by atoms with van der Waals surface area (Å²) in [5.41, 5.74) is 1.12. The molecule has 6 nitrogen and oxygen atoms in total. The third-order valence-corrected chi connectivity index (χ3v) is 5.33. The van der Waals surface area contributed by atoms with Gasteiger partial charge in [0.2, 0.25) is 5.91 Å². The first kappa shape index (κ1) is 18.9. The maximum Gasteiger partial charge on any atom is 0.433 e. The van der Waals surface area contributed by atoms with Crippen LogP contribution in [-0.2, 0) is 24.1 Å².